The predicted octanol–water partition coefficient (Wildman–Crippen LogP) is 4.42. The van der Waals surface area contributed by atoms with Gasteiger partial charge in [-0.1, -0.05) is 20.8 Å². The fourth-order valence-electron chi connectivity index (χ4n) is 5.96. The standard InChI is InChI=1S/C33H51N2O10P/c1-8-32(4)42-19-22-13-24(40-6)15-26(30(22)44-32)28(17-36)34(10-3)11-12-35(21-46(38)39)29(18-37)27-16-25(41-7)14-23-20-43-33(5,9-2)45-31(23)27/h13-16,28-29,36-39H,8-12,17-21H2,1-7H3. The first-order valence-electron chi connectivity index (χ1n) is 15.9. The van der Waals surface area contributed by atoms with Crippen LogP contribution in [-0.4, -0.2) is 94.7 Å². The highest BCUT2D eigenvalue weighted by Crippen LogP contribution is 2.45. The third-order valence-corrected chi connectivity index (χ3v) is 9.74. The van der Waals surface area contributed by atoms with Crippen LogP contribution < -0.4 is 18.9 Å². The third kappa shape index (κ3) is 8.06. The predicted molar refractivity (Wildman–Crippen MR) is 174 cm³/mol. The summed E-state index contributed by atoms with van der Waals surface area (Å²) in [5.41, 5.74) is 3.09. The van der Waals surface area contributed by atoms with Crippen LogP contribution in [0.1, 0.15) is 81.8 Å². The molecular formula is C33H51N2O10P. The first-order chi connectivity index (χ1) is 22.0. The Labute approximate surface area is 273 Å². The molecular weight excluding hydrogens is 615 g/mol. The molecule has 2 aromatic carbocycles. The Bertz CT molecular complexity index is 1320. The Balaban J connectivity index is 1.68. The van der Waals surface area contributed by atoms with Gasteiger partial charge in [0.1, 0.15) is 23.0 Å². The zero-order valence-electron chi connectivity index (χ0n) is 28.1. The summed E-state index contributed by atoms with van der Waals surface area (Å²) in [7, 11) is 0.835. The number of hydrogen-bond donors (Lipinski definition) is 4. The van der Waals surface area contributed by atoms with Crippen LogP contribution >= 0.6 is 8.38 Å². The SMILES string of the molecule is CCN(CCN(CP(O)O)C(CO)c1cc(OC)cc2c1OC(C)(CC)OC2)C(CO)c1cc(OC)cc2c1OC(C)(CC)OC2. The summed E-state index contributed by atoms with van der Waals surface area (Å²) in [6.07, 6.45) is 1.18. The molecule has 0 saturated heterocycles. The minimum atomic E-state index is -2.34. The van der Waals surface area contributed by atoms with Gasteiger partial charge in [-0.25, -0.2) is 0 Å². The minimum absolute atomic E-state index is 0.0701. The van der Waals surface area contributed by atoms with Crippen molar-refractivity contribution in [2.75, 3.05) is 53.4 Å². The van der Waals surface area contributed by atoms with Gasteiger partial charge in [0.2, 0.25) is 11.6 Å². The van der Waals surface area contributed by atoms with Gasteiger partial charge in [-0.2, -0.15) is 0 Å². The van der Waals surface area contributed by atoms with Gasteiger partial charge in [-0.05, 0) is 30.8 Å². The van der Waals surface area contributed by atoms with Crippen LogP contribution in [0.15, 0.2) is 24.3 Å². The van der Waals surface area contributed by atoms with Crippen LogP contribution in [0.2, 0.25) is 0 Å². The number of nitrogens with zero attached hydrogens (tertiary/aromatic N) is 2. The van der Waals surface area contributed by atoms with E-state index in [1.807, 2.05) is 63.8 Å². The lowest BCUT2D eigenvalue weighted by atomic mass is 9.98. The molecule has 0 spiro atoms. The molecule has 0 saturated carbocycles. The van der Waals surface area contributed by atoms with E-state index in [0.717, 1.165) is 16.7 Å². The molecule has 4 rings (SSSR count). The first-order valence-corrected chi connectivity index (χ1v) is 17.3. The highest BCUT2D eigenvalue weighted by Gasteiger charge is 2.38. The van der Waals surface area contributed by atoms with Crippen LogP contribution in [0, 0.1) is 0 Å². The summed E-state index contributed by atoms with van der Waals surface area (Å²) >= 11 is 0. The Hall–Kier alpha value is -2.25. The molecule has 258 valence electrons. The molecule has 13 heteroatoms. The van der Waals surface area contributed by atoms with E-state index in [4.69, 9.17) is 28.4 Å². The van der Waals surface area contributed by atoms with Crippen LogP contribution in [0.5, 0.6) is 23.0 Å². The summed E-state index contributed by atoms with van der Waals surface area (Å²) in [6.45, 7) is 11.3. The van der Waals surface area contributed by atoms with Crippen LogP contribution in [-0.2, 0) is 22.7 Å². The Morgan fingerprint density at radius 2 is 1.20 bits per heavy atom. The molecule has 0 bridgehead atoms. The fraction of sp³-hybridized carbons (Fsp3) is 0.636. The van der Waals surface area contributed by atoms with E-state index in [9.17, 15) is 20.0 Å². The van der Waals surface area contributed by atoms with E-state index in [1.54, 1.807) is 14.2 Å². The summed E-state index contributed by atoms with van der Waals surface area (Å²) in [5.74, 6) is 0.851. The molecule has 4 N–H and O–H groups in total. The van der Waals surface area contributed by atoms with E-state index in [2.05, 4.69) is 4.90 Å². The second kappa shape index (κ2) is 15.8. The van der Waals surface area contributed by atoms with Gasteiger partial charge in [0.25, 0.3) is 0 Å². The molecule has 0 amide bonds. The lowest BCUT2D eigenvalue weighted by Gasteiger charge is -2.40. The number of rotatable bonds is 16. The topological polar surface area (TPSA) is 143 Å². The number of ether oxygens (including phenoxy) is 6. The van der Waals surface area contributed by atoms with Crippen molar-refractivity contribution in [2.24, 2.45) is 0 Å². The van der Waals surface area contributed by atoms with Crippen molar-refractivity contribution >= 4 is 8.38 Å². The third-order valence-electron chi connectivity index (χ3n) is 9.13. The average molecular weight is 667 g/mol. The number of benzene rings is 2. The maximum atomic E-state index is 10.8. The molecule has 2 aromatic rings. The van der Waals surface area contributed by atoms with Gasteiger partial charge >= 0.3 is 0 Å². The van der Waals surface area contributed by atoms with Gasteiger partial charge in [0.05, 0.1) is 59.0 Å². The highest BCUT2D eigenvalue weighted by atomic mass is 31.2. The summed E-state index contributed by atoms with van der Waals surface area (Å²) < 4.78 is 36.0. The molecule has 2 heterocycles. The molecule has 4 atom stereocenters. The molecule has 0 fully saturated rings. The smallest absolute Gasteiger partial charge is 0.207 e. The summed E-state index contributed by atoms with van der Waals surface area (Å²) in [4.78, 5) is 24.4. The normalized spacial score (nSPS) is 22.2. The van der Waals surface area contributed by atoms with Crippen molar-refractivity contribution in [3.8, 4) is 23.0 Å². The molecule has 4 unspecified atom stereocenters. The van der Waals surface area contributed by atoms with Crippen molar-refractivity contribution in [2.45, 2.75) is 84.3 Å². The average Bonchev–Trinajstić information content (AvgIpc) is 3.06. The van der Waals surface area contributed by atoms with Gasteiger partial charge in [0, 0.05) is 62.0 Å². The number of aliphatic hydroxyl groups is 2. The molecule has 12 nitrogen and oxygen atoms in total. The van der Waals surface area contributed by atoms with E-state index >= 15 is 0 Å². The second-order valence-electron chi connectivity index (χ2n) is 12.0. The second-order valence-corrected chi connectivity index (χ2v) is 13.0. The number of hydrogen-bond acceptors (Lipinski definition) is 12. The molecule has 0 aliphatic carbocycles. The zero-order chi connectivity index (χ0) is 33.6. The molecule has 0 radical (unpaired) electrons. The molecule has 46 heavy (non-hydrogen) atoms. The maximum Gasteiger partial charge on any atom is 0.207 e. The number of fused-ring (bicyclic) bond motifs is 2. The number of likely N-dealkylation sites (N-methyl/N-ethyl adjacent to an activating group) is 1. The lowest BCUT2D eigenvalue weighted by Crippen LogP contribution is -2.43. The Kier molecular flexibility index (Phi) is 12.5. The molecule has 2 aliphatic heterocycles. The fourth-order valence-corrected chi connectivity index (χ4v) is 6.62. The maximum absolute atomic E-state index is 10.8. The Morgan fingerprint density at radius 1 is 0.761 bits per heavy atom. The van der Waals surface area contributed by atoms with Gasteiger partial charge in [-0.3, -0.25) is 9.80 Å². The van der Waals surface area contributed by atoms with E-state index in [0.29, 0.717) is 74.3 Å². The van der Waals surface area contributed by atoms with Crippen molar-refractivity contribution in [3.63, 3.8) is 0 Å². The molecule has 0 aromatic heterocycles. The Morgan fingerprint density at radius 3 is 1.57 bits per heavy atom. The van der Waals surface area contributed by atoms with Crippen molar-refractivity contribution in [3.05, 3.63) is 46.5 Å². The number of methoxy groups -OCH3 is 2. The quantitative estimate of drug-likeness (QED) is 0.189. The van der Waals surface area contributed by atoms with Crippen LogP contribution in [0.3, 0.4) is 0 Å². The van der Waals surface area contributed by atoms with E-state index < -0.39 is 32.0 Å². The van der Waals surface area contributed by atoms with Crippen molar-refractivity contribution in [1.29, 1.82) is 0 Å². The van der Waals surface area contributed by atoms with Crippen LogP contribution in [0.25, 0.3) is 0 Å². The molecule has 2 aliphatic rings. The first kappa shape index (κ1) is 36.6. The highest BCUT2D eigenvalue weighted by molar-refractivity contribution is 7.44. The minimum Gasteiger partial charge on any atom is -0.497 e. The monoisotopic (exact) mass is 666 g/mol. The largest absolute Gasteiger partial charge is 0.497 e. The van der Waals surface area contributed by atoms with E-state index in [-0.39, 0.29) is 19.5 Å². The van der Waals surface area contributed by atoms with E-state index in [1.165, 1.54) is 0 Å². The zero-order valence-corrected chi connectivity index (χ0v) is 29.0. The van der Waals surface area contributed by atoms with Gasteiger partial charge in [-0.15, -0.1) is 0 Å². The lowest BCUT2D eigenvalue weighted by molar-refractivity contribution is -0.195. The van der Waals surface area contributed by atoms with Gasteiger partial charge < -0.3 is 48.4 Å². The van der Waals surface area contributed by atoms with Crippen LogP contribution in [0.4, 0.5) is 0 Å². The number of aliphatic hydroxyl groups excluding tert-OH is 2. The van der Waals surface area contributed by atoms with Crippen molar-refractivity contribution < 1.29 is 48.4 Å². The summed E-state index contributed by atoms with van der Waals surface area (Å²) in [5, 5.41) is 21.6. The summed E-state index contributed by atoms with van der Waals surface area (Å²) in [6, 6.07) is 6.37. The van der Waals surface area contributed by atoms with Gasteiger partial charge in [0.15, 0.2) is 8.38 Å². The van der Waals surface area contributed by atoms with Crippen molar-refractivity contribution in [1.82, 2.24) is 9.80 Å².